The van der Waals surface area contributed by atoms with Crippen molar-refractivity contribution < 1.29 is 24.2 Å². The van der Waals surface area contributed by atoms with Crippen molar-refractivity contribution in [1.82, 2.24) is 5.01 Å². The van der Waals surface area contributed by atoms with Crippen molar-refractivity contribution in [2.45, 2.75) is 24.7 Å². The van der Waals surface area contributed by atoms with E-state index in [1.54, 1.807) is 67.8 Å². The van der Waals surface area contributed by atoms with Crippen molar-refractivity contribution in [3.63, 3.8) is 0 Å². The van der Waals surface area contributed by atoms with Gasteiger partial charge in [-0.1, -0.05) is 66.2 Å². The molecule has 206 valence electrons. The number of benzene rings is 3. The first kappa shape index (κ1) is 27.6. The van der Waals surface area contributed by atoms with Crippen LogP contribution in [0.25, 0.3) is 0 Å². The van der Waals surface area contributed by atoms with Crippen LogP contribution in [0.3, 0.4) is 0 Å². The summed E-state index contributed by atoms with van der Waals surface area (Å²) in [6, 6.07) is 17.0. The molecule has 1 aliphatic heterocycles. The molecular formula is C31H28Cl2N2O5. The minimum Gasteiger partial charge on any atom is -0.504 e. The normalized spacial score (nSPS) is 22.0. The fraction of sp³-hybridized carbons (Fsp3) is 0.226. The molecule has 9 heteroatoms. The summed E-state index contributed by atoms with van der Waals surface area (Å²) in [5, 5.41) is 13.1. The molecule has 2 N–H and O–H groups in total. The second-order valence-corrected chi connectivity index (χ2v) is 10.4. The van der Waals surface area contributed by atoms with E-state index < -0.39 is 29.1 Å². The molecule has 1 aliphatic carbocycles. The molecule has 3 atom stereocenters. The molecule has 3 unspecified atom stereocenters. The molecule has 0 spiro atoms. The number of ether oxygens (including phenoxy) is 2. The Morgan fingerprint density at radius 2 is 1.90 bits per heavy atom. The van der Waals surface area contributed by atoms with Crippen molar-refractivity contribution in [3.8, 4) is 17.2 Å². The summed E-state index contributed by atoms with van der Waals surface area (Å²) in [5.74, 6) is -1.67. The molecule has 5 rings (SSSR count). The Morgan fingerprint density at radius 1 is 1.15 bits per heavy atom. The van der Waals surface area contributed by atoms with Crippen LogP contribution in [-0.2, 0) is 15.0 Å². The number of hydrogen-bond acceptors (Lipinski definition) is 6. The zero-order valence-electron chi connectivity index (χ0n) is 22.0. The Balaban J connectivity index is 1.75. The Bertz CT molecular complexity index is 1520. The van der Waals surface area contributed by atoms with Crippen molar-refractivity contribution in [2.75, 3.05) is 19.1 Å². The Hall–Kier alpha value is -3.94. The summed E-state index contributed by atoms with van der Waals surface area (Å²) in [6.07, 6.45) is 3.86. The number of amides is 2. The second kappa shape index (κ2) is 10.9. The third-order valence-electron chi connectivity index (χ3n) is 7.61. The molecule has 0 radical (unpaired) electrons. The van der Waals surface area contributed by atoms with Crippen LogP contribution in [0.2, 0.25) is 10.0 Å². The minimum absolute atomic E-state index is 0.0944. The van der Waals surface area contributed by atoms with Crippen LogP contribution in [0.4, 0.5) is 5.69 Å². The lowest BCUT2D eigenvalue weighted by molar-refractivity contribution is -0.138. The molecular weight excluding hydrogens is 551 g/mol. The van der Waals surface area contributed by atoms with E-state index >= 15 is 0 Å². The number of phenols is 1. The van der Waals surface area contributed by atoms with Crippen molar-refractivity contribution in [2.24, 2.45) is 5.92 Å². The van der Waals surface area contributed by atoms with Crippen LogP contribution < -0.4 is 14.9 Å². The number of nitrogens with one attached hydrogen (secondary N) is 1. The van der Waals surface area contributed by atoms with Crippen molar-refractivity contribution in [3.05, 3.63) is 106 Å². The van der Waals surface area contributed by atoms with Crippen LogP contribution in [0.15, 0.2) is 85.0 Å². The predicted molar refractivity (Wildman–Crippen MR) is 155 cm³/mol. The summed E-state index contributed by atoms with van der Waals surface area (Å²) in [6.45, 7) is 6.17. The van der Waals surface area contributed by atoms with E-state index in [4.69, 9.17) is 32.7 Å². The number of carbonyl (C=O) groups excluding carboxylic acids is 2. The maximum absolute atomic E-state index is 14.7. The van der Waals surface area contributed by atoms with Gasteiger partial charge in [-0.25, -0.2) is 0 Å². The summed E-state index contributed by atoms with van der Waals surface area (Å²) >= 11 is 12.5. The summed E-state index contributed by atoms with van der Waals surface area (Å²) in [4.78, 5) is 28.8. The van der Waals surface area contributed by atoms with Crippen LogP contribution in [-0.4, -0.2) is 35.6 Å². The average molecular weight is 579 g/mol. The number of carbonyl (C=O) groups is 2. The van der Waals surface area contributed by atoms with Gasteiger partial charge in [0.15, 0.2) is 11.5 Å². The average Bonchev–Trinajstić information content (AvgIpc) is 3.17. The number of aromatic hydroxyl groups is 1. The maximum atomic E-state index is 14.7. The molecule has 0 aromatic heterocycles. The molecule has 1 heterocycles. The molecule has 40 heavy (non-hydrogen) atoms. The standard InChI is InChI=1S/C31H28Cl2N2O5/c1-4-18-9-15-23-29(37)35(34-25-16-12-20(32)17-24(25)33)30(38)31(23,19-10-13-21(39-3)14-11-19)27(18)22-7-6-8-26(28(22)36)40-5-2/h4,6-14,16-17,23,27,34,36H,1,5,15H2,2-3H3. The first-order chi connectivity index (χ1) is 19.3. The molecule has 2 amide bonds. The largest absolute Gasteiger partial charge is 0.504 e. The monoisotopic (exact) mass is 578 g/mol. The van der Waals surface area contributed by atoms with Gasteiger partial charge in [0.05, 0.1) is 35.8 Å². The molecule has 3 aromatic carbocycles. The Labute approximate surface area is 242 Å². The number of phenolic OH excluding ortho intramolecular Hbond substituents is 1. The molecule has 0 saturated carbocycles. The van der Waals surface area contributed by atoms with E-state index in [0.717, 1.165) is 5.01 Å². The number of rotatable bonds is 8. The topological polar surface area (TPSA) is 88.1 Å². The van der Waals surface area contributed by atoms with Crippen molar-refractivity contribution >= 4 is 40.7 Å². The van der Waals surface area contributed by atoms with Crippen LogP contribution in [0.5, 0.6) is 17.2 Å². The first-order valence-corrected chi connectivity index (χ1v) is 13.5. The predicted octanol–water partition coefficient (Wildman–Crippen LogP) is 6.66. The highest BCUT2D eigenvalue weighted by Crippen LogP contribution is 2.59. The number of fused-ring (bicyclic) bond motifs is 1. The van der Waals surface area contributed by atoms with Gasteiger partial charge in [0.25, 0.3) is 11.8 Å². The number of allylic oxidation sites excluding steroid dienone is 3. The van der Waals surface area contributed by atoms with Crippen LogP contribution >= 0.6 is 23.2 Å². The number of hydrogen-bond donors (Lipinski definition) is 2. The smallest absolute Gasteiger partial charge is 0.260 e. The lowest BCUT2D eigenvalue weighted by Gasteiger charge is -2.43. The van der Waals surface area contributed by atoms with E-state index in [2.05, 4.69) is 12.0 Å². The van der Waals surface area contributed by atoms with E-state index in [1.807, 2.05) is 13.0 Å². The number of nitrogens with zero attached hydrogens (tertiary/aromatic N) is 1. The molecule has 3 aromatic rings. The summed E-state index contributed by atoms with van der Waals surface area (Å²) in [5.41, 5.74) is 3.62. The number of anilines is 1. The number of para-hydroxylation sites is 1. The van der Waals surface area contributed by atoms with Crippen LogP contribution in [0, 0.1) is 5.92 Å². The fourth-order valence-electron chi connectivity index (χ4n) is 5.87. The van der Waals surface area contributed by atoms with Gasteiger partial charge in [-0.2, -0.15) is 5.01 Å². The quantitative estimate of drug-likeness (QED) is 0.291. The molecule has 1 fully saturated rings. The lowest BCUT2D eigenvalue weighted by atomic mass is 9.56. The van der Waals surface area contributed by atoms with E-state index in [-0.39, 0.29) is 22.9 Å². The zero-order valence-corrected chi connectivity index (χ0v) is 23.5. The van der Waals surface area contributed by atoms with Gasteiger partial charge in [0, 0.05) is 16.5 Å². The van der Waals surface area contributed by atoms with E-state index in [0.29, 0.717) is 39.8 Å². The van der Waals surface area contributed by atoms with E-state index in [9.17, 15) is 14.7 Å². The van der Waals surface area contributed by atoms with Gasteiger partial charge in [-0.3, -0.25) is 15.0 Å². The highest BCUT2D eigenvalue weighted by molar-refractivity contribution is 6.36. The number of halogens is 2. The molecule has 1 saturated heterocycles. The van der Waals surface area contributed by atoms with E-state index in [1.165, 1.54) is 6.07 Å². The first-order valence-electron chi connectivity index (χ1n) is 12.8. The van der Waals surface area contributed by atoms with Gasteiger partial charge in [0.1, 0.15) is 5.75 Å². The number of methoxy groups -OCH3 is 1. The molecule has 7 nitrogen and oxygen atoms in total. The van der Waals surface area contributed by atoms with Gasteiger partial charge in [-0.05, 0) is 60.9 Å². The second-order valence-electron chi connectivity index (χ2n) is 9.57. The Morgan fingerprint density at radius 3 is 2.55 bits per heavy atom. The molecule has 2 aliphatic rings. The van der Waals surface area contributed by atoms with Gasteiger partial charge < -0.3 is 14.6 Å². The maximum Gasteiger partial charge on any atom is 0.260 e. The van der Waals surface area contributed by atoms with Gasteiger partial charge in [0.2, 0.25) is 0 Å². The SMILES string of the molecule is C=CC1=CCC2C(=O)N(Nc3ccc(Cl)cc3Cl)C(=O)C2(c2ccc(OC)cc2)C1c1cccc(OCC)c1O. The summed E-state index contributed by atoms with van der Waals surface area (Å²) < 4.78 is 11.0. The highest BCUT2D eigenvalue weighted by atomic mass is 35.5. The van der Waals surface area contributed by atoms with Crippen LogP contribution in [0.1, 0.15) is 30.4 Å². The summed E-state index contributed by atoms with van der Waals surface area (Å²) in [7, 11) is 1.56. The number of hydrazine groups is 1. The van der Waals surface area contributed by atoms with Gasteiger partial charge >= 0.3 is 0 Å². The number of imide groups is 1. The molecule has 0 bridgehead atoms. The zero-order chi connectivity index (χ0) is 28.6. The Kier molecular flexibility index (Phi) is 7.53. The van der Waals surface area contributed by atoms with Gasteiger partial charge in [-0.15, -0.1) is 0 Å². The lowest BCUT2D eigenvalue weighted by Crippen LogP contribution is -2.48. The fourth-order valence-corrected chi connectivity index (χ4v) is 6.32. The highest BCUT2D eigenvalue weighted by Gasteiger charge is 2.66. The minimum atomic E-state index is -1.43. The third-order valence-corrected chi connectivity index (χ3v) is 8.16. The van der Waals surface area contributed by atoms with Crippen molar-refractivity contribution in [1.29, 1.82) is 0 Å². The third kappa shape index (κ3) is 4.30.